The quantitative estimate of drug-likeness (QED) is 0.760. The Hall–Kier alpha value is -1.25. The Balaban J connectivity index is 2.57. The molecule has 18 heavy (non-hydrogen) atoms. The van der Waals surface area contributed by atoms with Gasteiger partial charge < -0.3 is 4.90 Å². The molecule has 0 aliphatic carbocycles. The average molecular weight is 284 g/mol. The highest BCUT2D eigenvalue weighted by molar-refractivity contribution is 6.42. The van der Waals surface area contributed by atoms with Gasteiger partial charge in [-0.3, -0.25) is 0 Å². The molecule has 0 aliphatic heterocycles. The first-order valence-electron chi connectivity index (χ1n) is 5.42. The molecule has 2 rings (SSSR count). The number of anilines is 1. The number of nitrogens with zero attached hydrogens (tertiary/aromatic N) is 1. The minimum absolute atomic E-state index is 0.263. The summed E-state index contributed by atoms with van der Waals surface area (Å²) < 4.78 is 14.3. The molecular weight excluding hydrogens is 272 g/mol. The van der Waals surface area contributed by atoms with Gasteiger partial charge in [-0.05, 0) is 23.8 Å². The molecule has 0 radical (unpaired) electrons. The molecule has 0 aromatic heterocycles. The Morgan fingerprint density at radius 1 is 1.00 bits per heavy atom. The lowest BCUT2D eigenvalue weighted by molar-refractivity contribution is 0.629. The minimum Gasteiger partial charge on any atom is -0.375 e. The summed E-state index contributed by atoms with van der Waals surface area (Å²) in [6, 6.07) is 10.4. The van der Waals surface area contributed by atoms with Gasteiger partial charge in [0.1, 0.15) is 0 Å². The highest BCUT2D eigenvalue weighted by atomic mass is 35.5. The van der Waals surface area contributed by atoms with E-state index < -0.39 is 0 Å². The molecule has 2 aromatic rings. The summed E-state index contributed by atoms with van der Waals surface area (Å²) in [5.74, 6) is -0.263. The second kappa shape index (κ2) is 5.17. The van der Waals surface area contributed by atoms with Gasteiger partial charge in [-0.25, -0.2) is 4.39 Å². The van der Waals surface area contributed by atoms with Gasteiger partial charge in [0.2, 0.25) is 0 Å². The molecular formula is C14H12Cl2FN. The van der Waals surface area contributed by atoms with Crippen LogP contribution in [-0.2, 0) is 0 Å². The lowest BCUT2D eigenvalue weighted by atomic mass is 10.0. The fourth-order valence-corrected chi connectivity index (χ4v) is 2.05. The van der Waals surface area contributed by atoms with Crippen LogP contribution < -0.4 is 4.90 Å². The lowest BCUT2D eigenvalue weighted by Gasteiger charge is -2.15. The summed E-state index contributed by atoms with van der Waals surface area (Å²) in [4.78, 5) is 1.73. The molecule has 0 unspecified atom stereocenters. The van der Waals surface area contributed by atoms with Gasteiger partial charge in [-0.1, -0.05) is 41.4 Å². The maximum absolute atomic E-state index is 14.3. The Morgan fingerprint density at radius 3 is 2.33 bits per heavy atom. The lowest BCUT2D eigenvalue weighted by Crippen LogP contribution is -2.10. The first-order valence-corrected chi connectivity index (χ1v) is 6.17. The second-order valence-corrected chi connectivity index (χ2v) is 4.98. The molecule has 0 spiro atoms. The van der Waals surface area contributed by atoms with Crippen LogP contribution in [0.3, 0.4) is 0 Å². The Labute approximate surface area is 116 Å². The third-order valence-corrected chi connectivity index (χ3v) is 3.43. The zero-order chi connectivity index (χ0) is 13.3. The van der Waals surface area contributed by atoms with E-state index in [4.69, 9.17) is 23.2 Å². The summed E-state index contributed by atoms with van der Waals surface area (Å²) in [6.07, 6.45) is 0. The van der Waals surface area contributed by atoms with Crippen molar-refractivity contribution in [2.75, 3.05) is 19.0 Å². The standard InChI is InChI=1S/C14H12Cl2FN/c1-18(2)13-5-3-4-10(14(13)17)9-6-7-11(15)12(16)8-9/h3-8H,1-2H3. The van der Waals surface area contributed by atoms with Crippen LogP contribution in [0.2, 0.25) is 10.0 Å². The van der Waals surface area contributed by atoms with Crippen molar-refractivity contribution in [1.82, 2.24) is 0 Å². The highest BCUT2D eigenvalue weighted by Crippen LogP contribution is 2.32. The fraction of sp³-hybridized carbons (Fsp3) is 0.143. The third kappa shape index (κ3) is 2.45. The summed E-state index contributed by atoms with van der Waals surface area (Å²) in [7, 11) is 3.61. The van der Waals surface area contributed by atoms with Gasteiger partial charge in [-0.15, -0.1) is 0 Å². The van der Waals surface area contributed by atoms with Gasteiger partial charge in [0.05, 0.1) is 15.7 Å². The molecule has 0 fully saturated rings. The summed E-state index contributed by atoms with van der Waals surface area (Å²) in [5, 5.41) is 0.883. The van der Waals surface area contributed by atoms with Crippen molar-refractivity contribution in [1.29, 1.82) is 0 Å². The van der Waals surface area contributed by atoms with Crippen LogP contribution in [-0.4, -0.2) is 14.1 Å². The first-order chi connectivity index (χ1) is 8.50. The van der Waals surface area contributed by atoms with Crippen LogP contribution in [0.4, 0.5) is 10.1 Å². The molecule has 0 aliphatic rings. The molecule has 0 heterocycles. The number of benzene rings is 2. The van der Waals surface area contributed by atoms with Crippen molar-refractivity contribution in [3.8, 4) is 11.1 Å². The topological polar surface area (TPSA) is 3.24 Å². The number of halogens is 3. The van der Waals surface area contributed by atoms with Crippen LogP contribution in [0, 0.1) is 5.82 Å². The van der Waals surface area contributed by atoms with Crippen molar-refractivity contribution in [2.24, 2.45) is 0 Å². The third-order valence-electron chi connectivity index (χ3n) is 2.69. The van der Waals surface area contributed by atoms with Gasteiger partial charge >= 0.3 is 0 Å². The Bertz CT molecular complexity index is 582. The van der Waals surface area contributed by atoms with Gasteiger partial charge in [0, 0.05) is 19.7 Å². The van der Waals surface area contributed by atoms with E-state index in [-0.39, 0.29) is 5.82 Å². The Morgan fingerprint density at radius 2 is 1.72 bits per heavy atom. The molecule has 0 saturated carbocycles. The van der Waals surface area contributed by atoms with Crippen molar-refractivity contribution in [3.05, 3.63) is 52.3 Å². The molecule has 4 heteroatoms. The molecule has 2 aromatic carbocycles. The predicted octanol–water partition coefficient (Wildman–Crippen LogP) is 4.87. The fourth-order valence-electron chi connectivity index (χ4n) is 1.75. The first kappa shape index (κ1) is 13.2. The van der Waals surface area contributed by atoms with Crippen molar-refractivity contribution < 1.29 is 4.39 Å². The van der Waals surface area contributed by atoms with E-state index in [1.165, 1.54) is 0 Å². The van der Waals surface area contributed by atoms with Crippen molar-refractivity contribution in [3.63, 3.8) is 0 Å². The smallest absolute Gasteiger partial charge is 0.154 e. The van der Waals surface area contributed by atoms with Crippen LogP contribution in [0.15, 0.2) is 36.4 Å². The van der Waals surface area contributed by atoms with Gasteiger partial charge in [0.25, 0.3) is 0 Å². The van der Waals surface area contributed by atoms with E-state index in [1.807, 2.05) is 6.07 Å². The SMILES string of the molecule is CN(C)c1cccc(-c2ccc(Cl)c(Cl)c2)c1F. The van der Waals surface area contributed by atoms with Gasteiger partial charge in [0.15, 0.2) is 5.82 Å². The largest absolute Gasteiger partial charge is 0.375 e. The maximum atomic E-state index is 14.3. The predicted molar refractivity (Wildman–Crippen MR) is 76.2 cm³/mol. The number of hydrogen-bond acceptors (Lipinski definition) is 1. The van der Waals surface area contributed by atoms with E-state index in [0.29, 0.717) is 26.9 Å². The molecule has 94 valence electrons. The minimum atomic E-state index is -0.263. The van der Waals surface area contributed by atoms with Crippen molar-refractivity contribution in [2.45, 2.75) is 0 Å². The number of rotatable bonds is 2. The van der Waals surface area contributed by atoms with Crippen LogP contribution >= 0.6 is 23.2 Å². The summed E-state index contributed by atoms with van der Waals surface area (Å²) in [5.41, 5.74) is 1.77. The van der Waals surface area contributed by atoms with Crippen LogP contribution in [0.5, 0.6) is 0 Å². The zero-order valence-electron chi connectivity index (χ0n) is 10.0. The van der Waals surface area contributed by atoms with E-state index >= 15 is 0 Å². The second-order valence-electron chi connectivity index (χ2n) is 4.16. The molecule has 1 nitrogen and oxygen atoms in total. The van der Waals surface area contributed by atoms with Crippen LogP contribution in [0.1, 0.15) is 0 Å². The molecule has 0 bridgehead atoms. The van der Waals surface area contributed by atoms with E-state index in [9.17, 15) is 4.39 Å². The van der Waals surface area contributed by atoms with E-state index in [1.54, 1.807) is 49.3 Å². The summed E-state index contributed by atoms with van der Waals surface area (Å²) >= 11 is 11.8. The van der Waals surface area contributed by atoms with E-state index in [0.717, 1.165) is 0 Å². The molecule has 0 saturated heterocycles. The van der Waals surface area contributed by atoms with E-state index in [2.05, 4.69) is 0 Å². The van der Waals surface area contributed by atoms with Crippen molar-refractivity contribution >= 4 is 28.9 Å². The van der Waals surface area contributed by atoms with Crippen LogP contribution in [0.25, 0.3) is 11.1 Å². The monoisotopic (exact) mass is 283 g/mol. The number of hydrogen-bond donors (Lipinski definition) is 0. The average Bonchev–Trinajstić information content (AvgIpc) is 2.33. The highest BCUT2D eigenvalue weighted by Gasteiger charge is 2.12. The zero-order valence-corrected chi connectivity index (χ0v) is 11.6. The normalized spacial score (nSPS) is 10.5. The van der Waals surface area contributed by atoms with Gasteiger partial charge in [-0.2, -0.15) is 0 Å². The summed E-state index contributed by atoms with van der Waals surface area (Å²) in [6.45, 7) is 0. The Kier molecular flexibility index (Phi) is 3.79. The maximum Gasteiger partial charge on any atom is 0.154 e. The molecule has 0 amide bonds. The molecule has 0 N–H and O–H groups in total. The molecule has 0 atom stereocenters.